The molecule has 3 nitrogen and oxygen atoms in total. The first-order valence-electron chi connectivity index (χ1n) is 7.04. The van der Waals surface area contributed by atoms with Gasteiger partial charge in [0, 0.05) is 21.7 Å². The van der Waals surface area contributed by atoms with Gasteiger partial charge in [-0.1, -0.05) is 18.0 Å². The van der Waals surface area contributed by atoms with Crippen LogP contribution in [0.15, 0.2) is 18.2 Å². The van der Waals surface area contributed by atoms with Crippen LogP contribution in [0.1, 0.15) is 36.5 Å². The lowest BCUT2D eigenvalue weighted by molar-refractivity contribution is 0.0925. The van der Waals surface area contributed by atoms with E-state index in [9.17, 15) is 4.79 Å². The molecular formula is C15H20ClIN2O. The molecule has 1 aliphatic heterocycles. The van der Waals surface area contributed by atoms with Crippen molar-refractivity contribution < 1.29 is 4.79 Å². The second kappa shape index (κ2) is 7.61. The van der Waals surface area contributed by atoms with Crippen molar-refractivity contribution in [3.05, 3.63) is 32.4 Å². The van der Waals surface area contributed by atoms with Gasteiger partial charge in [0.05, 0.1) is 5.02 Å². The van der Waals surface area contributed by atoms with Crippen LogP contribution in [0.2, 0.25) is 5.02 Å². The predicted octanol–water partition coefficient (Wildman–Crippen LogP) is 3.55. The van der Waals surface area contributed by atoms with Crippen LogP contribution in [0, 0.1) is 3.57 Å². The predicted molar refractivity (Wildman–Crippen MR) is 91.4 cm³/mol. The molecule has 1 aliphatic rings. The van der Waals surface area contributed by atoms with Gasteiger partial charge in [0.15, 0.2) is 0 Å². The fourth-order valence-corrected chi connectivity index (χ4v) is 3.04. The van der Waals surface area contributed by atoms with E-state index in [0.717, 1.165) is 23.2 Å². The van der Waals surface area contributed by atoms with Gasteiger partial charge in [0.1, 0.15) is 0 Å². The van der Waals surface area contributed by atoms with Crippen molar-refractivity contribution in [1.82, 2.24) is 10.2 Å². The monoisotopic (exact) mass is 406 g/mol. The number of likely N-dealkylation sites (tertiary alicyclic amines) is 1. The lowest BCUT2D eigenvalue weighted by Gasteiger charge is -2.29. The van der Waals surface area contributed by atoms with E-state index in [0.29, 0.717) is 10.6 Å². The SMILES string of the molecule is CC(CN1CCCCC1)NC(=O)c1ccc(I)c(Cl)c1. The molecule has 0 aliphatic carbocycles. The van der Waals surface area contributed by atoms with Crippen LogP contribution in [-0.4, -0.2) is 36.5 Å². The summed E-state index contributed by atoms with van der Waals surface area (Å²) < 4.78 is 0.960. The normalized spacial score (nSPS) is 17.8. The third-order valence-corrected chi connectivity index (χ3v) is 5.11. The summed E-state index contributed by atoms with van der Waals surface area (Å²) in [5.74, 6) is -0.0483. The Morgan fingerprint density at radius 1 is 1.40 bits per heavy atom. The first-order valence-corrected chi connectivity index (χ1v) is 8.50. The van der Waals surface area contributed by atoms with Crippen LogP contribution in [0.5, 0.6) is 0 Å². The van der Waals surface area contributed by atoms with Crippen molar-refractivity contribution in [2.75, 3.05) is 19.6 Å². The summed E-state index contributed by atoms with van der Waals surface area (Å²) in [5, 5.41) is 3.68. The first kappa shape index (κ1) is 16.0. The second-order valence-electron chi connectivity index (χ2n) is 5.36. The molecule has 0 saturated carbocycles. The zero-order valence-electron chi connectivity index (χ0n) is 11.7. The summed E-state index contributed by atoms with van der Waals surface area (Å²) in [6, 6.07) is 5.56. The van der Waals surface area contributed by atoms with Crippen molar-refractivity contribution in [3.8, 4) is 0 Å². The highest BCUT2D eigenvalue weighted by Gasteiger charge is 2.16. The highest BCUT2D eigenvalue weighted by Crippen LogP contribution is 2.19. The highest BCUT2D eigenvalue weighted by atomic mass is 127. The largest absolute Gasteiger partial charge is 0.348 e. The molecule has 1 amide bonds. The van der Waals surface area contributed by atoms with Crippen LogP contribution in [0.25, 0.3) is 0 Å². The van der Waals surface area contributed by atoms with E-state index in [1.54, 1.807) is 6.07 Å². The molecule has 110 valence electrons. The van der Waals surface area contributed by atoms with Crippen LogP contribution in [0.3, 0.4) is 0 Å². The van der Waals surface area contributed by atoms with Crippen LogP contribution in [0.4, 0.5) is 0 Å². The third kappa shape index (κ3) is 4.60. The number of nitrogens with one attached hydrogen (secondary N) is 1. The van der Waals surface area contributed by atoms with E-state index in [-0.39, 0.29) is 11.9 Å². The molecule has 0 bridgehead atoms. The van der Waals surface area contributed by atoms with Gasteiger partial charge in [-0.05, 0) is 73.6 Å². The smallest absolute Gasteiger partial charge is 0.251 e. The average molecular weight is 407 g/mol. The number of piperidine rings is 1. The van der Waals surface area contributed by atoms with E-state index in [1.807, 2.05) is 12.1 Å². The quantitative estimate of drug-likeness (QED) is 0.776. The number of benzene rings is 1. The zero-order chi connectivity index (χ0) is 14.5. The maximum Gasteiger partial charge on any atom is 0.251 e. The van der Waals surface area contributed by atoms with Crippen molar-refractivity contribution in [2.45, 2.75) is 32.2 Å². The Kier molecular flexibility index (Phi) is 6.11. The number of rotatable bonds is 4. The fourth-order valence-electron chi connectivity index (χ4n) is 2.52. The maximum atomic E-state index is 12.2. The van der Waals surface area contributed by atoms with Crippen LogP contribution >= 0.6 is 34.2 Å². The minimum atomic E-state index is -0.0483. The molecule has 2 rings (SSSR count). The van der Waals surface area contributed by atoms with Gasteiger partial charge in [0.25, 0.3) is 5.91 Å². The van der Waals surface area contributed by atoms with Gasteiger partial charge in [-0.3, -0.25) is 4.79 Å². The van der Waals surface area contributed by atoms with Crippen LogP contribution < -0.4 is 5.32 Å². The first-order chi connectivity index (χ1) is 9.56. The molecule has 20 heavy (non-hydrogen) atoms. The van der Waals surface area contributed by atoms with Crippen molar-refractivity contribution in [3.63, 3.8) is 0 Å². The van der Waals surface area contributed by atoms with Crippen molar-refractivity contribution in [1.29, 1.82) is 0 Å². The summed E-state index contributed by atoms with van der Waals surface area (Å²) in [5.41, 5.74) is 0.626. The molecule has 5 heteroatoms. The molecule has 1 unspecified atom stereocenters. The van der Waals surface area contributed by atoms with Gasteiger partial charge in [-0.25, -0.2) is 0 Å². The Hall–Kier alpha value is -0.330. The van der Waals surface area contributed by atoms with E-state index >= 15 is 0 Å². The lowest BCUT2D eigenvalue weighted by atomic mass is 10.1. The van der Waals surface area contributed by atoms with E-state index < -0.39 is 0 Å². The molecule has 0 aromatic heterocycles. The molecule has 1 atom stereocenters. The minimum Gasteiger partial charge on any atom is -0.348 e. The summed E-state index contributed by atoms with van der Waals surface area (Å²) in [6.45, 7) is 5.27. The van der Waals surface area contributed by atoms with Crippen molar-refractivity contribution in [2.24, 2.45) is 0 Å². The zero-order valence-corrected chi connectivity index (χ0v) is 14.6. The summed E-state index contributed by atoms with van der Waals surface area (Å²) in [4.78, 5) is 14.6. The summed E-state index contributed by atoms with van der Waals surface area (Å²) in [6.07, 6.45) is 3.87. The molecule has 1 saturated heterocycles. The number of halogens is 2. The van der Waals surface area contributed by atoms with E-state index in [2.05, 4.69) is 39.7 Å². The van der Waals surface area contributed by atoms with Gasteiger partial charge >= 0.3 is 0 Å². The molecule has 1 aromatic rings. The van der Waals surface area contributed by atoms with Gasteiger partial charge in [-0.2, -0.15) is 0 Å². The third-order valence-electron chi connectivity index (χ3n) is 3.54. The Balaban J connectivity index is 1.87. The molecule has 0 spiro atoms. The number of hydrogen-bond donors (Lipinski definition) is 1. The molecule has 0 radical (unpaired) electrons. The topological polar surface area (TPSA) is 32.3 Å². The van der Waals surface area contributed by atoms with Crippen LogP contribution in [-0.2, 0) is 0 Å². The number of hydrogen-bond acceptors (Lipinski definition) is 2. The standard InChI is InChI=1S/C15H20ClIN2O/c1-11(10-19-7-3-2-4-8-19)18-15(20)12-5-6-14(17)13(16)9-12/h5-6,9,11H,2-4,7-8,10H2,1H3,(H,18,20). The van der Waals surface area contributed by atoms with Crippen molar-refractivity contribution >= 4 is 40.1 Å². The highest BCUT2D eigenvalue weighted by molar-refractivity contribution is 14.1. The average Bonchev–Trinajstić information content (AvgIpc) is 2.42. The molecular weight excluding hydrogens is 387 g/mol. The second-order valence-corrected chi connectivity index (χ2v) is 6.93. The fraction of sp³-hybridized carbons (Fsp3) is 0.533. The Morgan fingerprint density at radius 3 is 2.75 bits per heavy atom. The van der Waals surface area contributed by atoms with Gasteiger partial charge in [0.2, 0.25) is 0 Å². The number of nitrogens with zero attached hydrogens (tertiary/aromatic N) is 1. The molecule has 1 heterocycles. The molecule has 1 aromatic carbocycles. The molecule has 1 N–H and O–H groups in total. The molecule has 1 fully saturated rings. The lowest BCUT2D eigenvalue weighted by Crippen LogP contribution is -2.43. The number of carbonyl (C=O) groups is 1. The number of amides is 1. The Morgan fingerprint density at radius 2 is 2.10 bits per heavy atom. The van der Waals surface area contributed by atoms with Gasteiger partial charge in [-0.15, -0.1) is 0 Å². The maximum absolute atomic E-state index is 12.2. The van der Waals surface area contributed by atoms with E-state index in [1.165, 1.54) is 19.3 Å². The number of carbonyl (C=O) groups excluding carboxylic acids is 1. The Labute approximate surface area is 139 Å². The summed E-state index contributed by atoms with van der Waals surface area (Å²) in [7, 11) is 0. The van der Waals surface area contributed by atoms with E-state index in [4.69, 9.17) is 11.6 Å². The van der Waals surface area contributed by atoms with Gasteiger partial charge < -0.3 is 10.2 Å². The summed E-state index contributed by atoms with van der Waals surface area (Å²) >= 11 is 8.21. The Bertz CT molecular complexity index is 475. The minimum absolute atomic E-state index is 0.0483.